The molecule has 1 amide bonds. The average Bonchev–Trinajstić information content (AvgIpc) is 3.37. The Balaban J connectivity index is 1.25. The summed E-state index contributed by atoms with van der Waals surface area (Å²) >= 11 is 1.64. The maximum atomic E-state index is 13.0. The number of thioether (sulfide) groups is 1. The lowest BCUT2D eigenvalue weighted by Gasteiger charge is -2.20. The van der Waals surface area contributed by atoms with Crippen molar-refractivity contribution in [2.75, 3.05) is 5.75 Å². The summed E-state index contributed by atoms with van der Waals surface area (Å²) in [4.78, 5) is 13.0. The Bertz CT molecular complexity index is 1450. The minimum atomic E-state index is -0.169. The van der Waals surface area contributed by atoms with E-state index in [1.54, 1.807) is 11.8 Å². The maximum absolute atomic E-state index is 13.0. The van der Waals surface area contributed by atoms with E-state index in [1.165, 1.54) is 11.1 Å². The quantitative estimate of drug-likeness (QED) is 0.148. The summed E-state index contributed by atoms with van der Waals surface area (Å²) in [6, 6.07) is 38.7. The highest BCUT2D eigenvalue weighted by Crippen LogP contribution is 2.27. The van der Waals surface area contributed by atoms with Gasteiger partial charge in [0.15, 0.2) is 5.16 Å². The van der Waals surface area contributed by atoms with Crippen LogP contribution in [0.15, 0.2) is 120 Å². The van der Waals surface area contributed by atoms with E-state index in [9.17, 15) is 4.79 Å². The Labute approximate surface area is 234 Å². The van der Waals surface area contributed by atoms with Crippen LogP contribution in [0.2, 0.25) is 0 Å². The normalized spacial score (nSPS) is 11.0. The highest BCUT2D eigenvalue weighted by Gasteiger charge is 2.18. The fourth-order valence-corrected chi connectivity index (χ4v) is 5.53. The molecule has 0 aliphatic rings. The monoisotopic (exact) mass is 532 g/mol. The predicted octanol–water partition coefficient (Wildman–Crippen LogP) is 6.94. The highest BCUT2D eigenvalue weighted by atomic mass is 32.2. The third-order valence-electron chi connectivity index (χ3n) is 6.61. The zero-order valence-corrected chi connectivity index (χ0v) is 22.9. The molecule has 5 aromatic rings. The van der Waals surface area contributed by atoms with Gasteiger partial charge in [0, 0.05) is 18.6 Å². The van der Waals surface area contributed by atoms with E-state index in [0.717, 1.165) is 40.0 Å². The van der Waals surface area contributed by atoms with Crippen molar-refractivity contribution >= 4 is 17.7 Å². The number of carbonyl (C=O) groups is 1. The molecule has 4 aromatic carbocycles. The van der Waals surface area contributed by atoms with Gasteiger partial charge >= 0.3 is 0 Å². The fourth-order valence-electron chi connectivity index (χ4n) is 4.62. The molecule has 1 heterocycles. The third kappa shape index (κ3) is 6.84. The molecule has 0 saturated carbocycles. The van der Waals surface area contributed by atoms with Gasteiger partial charge in [-0.1, -0.05) is 121 Å². The van der Waals surface area contributed by atoms with Crippen molar-refractivity contribution in [3.05, 3.63) is 143 Å². The van der Waals surface area contributed by atoms with Crippen LogP contribution in [0, 0.1) is 6.92 Å². The van der Waals surface area contributed by atoms with Crippen LogP contribution in [0.4, 0.5) is 0 Å². The van der Waals surface area contributed by atoms with Crippen LogP contribution < -0.4 is 5.32 Å². The van der Waals surface area contributed by atoms with Crippen molar-refractivity contribution in [2.24, 2.45) is 0 Å². The number of benzene rings is 4. The first-order valence-corrected chi connectivity index (χ1v) is 14.2. The number of aryl methyl sites for hydroxylation is 1. The number of nitrogens with zero attached hydrogens (tertiary/aromatic N) is 3. The smallest absolute Gasteiger partial charge is 0.220 e. The van der Waals surface area contributed by atoms with Crippen LogP contribution in [0.3, 0.4) is 0 Å². The van der Waals surface area contributed by atoms with Gasteiger partial charge in [-0.2, -0.15) is 0 Å². The molecular formula is C33H32N4OS. The topological polar surface area (TPSA) is 59.8 Å². The molecule has 0 atom stereocenters. The molecule has 1 N–H and O–H groups in total. The molecular weight excluding hydrogens is 500 g/mol. The number of rotatable bonds is 11. The Morgan fingerprint density at radius 3 is 2.03 bits per heavy atom. The molecule has 0 fully saturated rings. The fraction of sp³-hybridized carbons (Fsp3) is 0.182. The number of amides is 1. The first kappa shape index (κ1) is 26.4. The molecule has 5 rings (SSSR count). The van der Waals surface area contributed by atoms with Crippen LogP contribution in [0.25, 0.3) is 5.69 Å². The van der Waals surface area contributed by atoms with Crippen molar-refractivity contribution in [1.29, 1.82) is 0 Å². The van der Waals surface area contributed by atoms with E-state index in [0.29, 0.717) is 12.8 Å². The second kappa shape index (κ2) is 13.1. The highest BCUT2D eigenvalue weighted by molar-refractivity contribution is 7.99. The van der Waals surface area contributed by atoms with Crippen molar-refractivity contribution < 1.29 is 4.79 Å². The summed E-state index contributed by atoms with van der Waals surface area (Å²) in [5.41, 5.74) is 5.59. The number of hydrogen-bond acceptors (Lipinski definition) is 4. The molecule has 0 aliphatic carbocycles. The van der Waals surface area contributed by atoms with Gasteiger partial charge in [0.25, 0.3) is 0 Å². The number of hydrogen-bond donors (Lipinski definition) is 1. The third-order valence-corrected chi connectivity index (χ3v) is 7.63. The second-order valence-corrected chi connectivity index (χ2v) is 10.5. The maximum Gasteiger partial charge on any atom is 0.220 e. The molecule has 0 saturated heterocycles. The van der Waals surface area contributed by atoms with Gasteiger partial charge in [0.1, 0.15) is 5.82 Å². The number of aromatic nitrogens is 3. The first-order chi connectivity index (χ1) is 19.2. The van der Waals surface area contributed by atoms with E-state index in [1.807, 2.05) is 66.7 Å². The molecule has 196 valence electrons. The van der Waals surface area contributed by atoms with Crippen LogP contribution in [0.1, 0.15) is 47.0 Å². The van der Waals surface area contributed by atoms with Gasteiger partial charge < -0.3 is 5.32 Å². The van der Waals surface area contributed by atoms with E-state index < -0.39 is 0 Å². The summed E-state index contributed by atoms with van der Waals surface area (Å²) in [5, 5.41) is 13.2. The standard InChI is InChI=1S/C33H32N4OS/c1-25-14-11-12-21-29(25)37-30(24-26-15-5-2-6-16-26)35-36-33(37)39-23-13-22-31(38)34-32(27-17-7-3-8-18-27)28-19-9-4-10-20-28/h2-12,14-21,32H,13,22-24H2,1H3,(H,34,38). The molecule has 6 heteroatoms. The van der Waals surface area contributed by atoms with Gasteiger partial charge in [-0.15, -0.1) is 10.2 Å². The second-order valence-electron chi connectivity index (χ2n) is 9.46. The van der Waals surface area contributed by atoms with Crippen LogP contribution in [-0.2, 0) is 11.2 Å². The zero-order valence-electron chi connectivity index (χ0n) is 22.0. The largest absolute Gasteiger partial charge is 0.345 e. The van der Waals surface area contributed by atoms with Crippen molar-refractivity contribution in [1.82, 2.24) is 20.1 Å². The Morgan fingerprint density at radius 1 is 0.795 bits per heavy atom. The summed E-state index contributed by atoms with van der Waals surface area (Å²) in [6.45, 7) is 2.11. The summed E-state index contributed by atoms with van der Waals surface area (Å²) in [7, 11) is 0. The SMILES string of the molecule is Cc1ccccc1-n1c(Cc2ccccc2)nnc1SCCCC(=O)NC(c1ccccc1)c1ccccc1. The van der Waals surface area contributed by atoms with Crippen LogP contribution in [-0.4, -0.2) is 26.4 Å². The molecule has 0 radical (unpaired) electrons. The van der Waals surface area contributed by atoms with Gasteiger partial charge in [-0.3, -0.25) is 9.36 Å². The van der Waals surface area contributed by atoms with Crippen LogP contribution >= 0.6 is 11.8 Å². The molecule has 0 spiro atoms. The summed E-state index contributed by atoms with van der Waals surface area (Å²) in [5.74, 6) is 1.71. The minimum absolute atomic E-state index is 0.0402. The average molecular weight is 533 g/mol. The van der Waals surface area contributed by atoms with E-state index in [4.69, 9.17) is 0 Å². The summed E-state index contributed by atoms with van der Waals surface area (Å²) < 4.78 is 2.16. The molecule has 0 aliphatic heterocycles. The van der Waals surface area contributed by atoms with E-state index in [-0.39, 0.29) is 11.9 Å². The van der Waals surface area contributed by atoms with Crippen molar-refractivity contribution in [3.8, 4) is 5.69 Å². The van der Waals surface area contributed by atoms with Crippen molar-refractivity contribution in [3.63, 3.8) is 0 Å². The lowest BCUT2D eigenvalue weighted by molar-refractivity contribution is -0.121. The zero-order chi connectivity index (χ0) is 26.9. The van der Waals surface area contributed by atoms with Gasteiger partial charge in [-0.25, -0.2) is 0 Å². The molecule has 1 aromatic heterocycles. The number of carbonyl (C=O) groups excluding carboxylic acids is 1. The lowest BCUT2D eigenvalue weighted by atomic mass is 9.98. The number of nitrogens with one attached hydrogen (secondary N) is 1. The molecule has 5 nitrogen and oxygen atoms in total. The molecule has 0 unspecified atom stereocenters. The molecule has 0 bridgehead atoms. The lowest BCUT2D eigenvalue weighted by Crippen LogP contribution is -2.29. The minimum Gasteiger partial charge on any atom is -0.345 e. The number of para-hydroxylation sites is 1. The predicted molar refractivity (Wildman–Crippen MR) is 158 cm³/mol. The van der Waals surface area contributed by atoms with Gasteiger partial charge in [0.2, 0.25) is 5.91 Å². The summed E-state index contributed by atoms with van der Waals surface area (Å²) in [6.07, 6.45) is 1.88. The molecule has 39 heavy (non-hydrogen) atoms. The van der Waals surface area contributed by atoms with E-state index in [2.05, 4.69) is 75.5 Å². The Morgan fingerprint density at radius 2 is 1.38 bits per heavy atom. The van der Waals surface area contributed by atoms with Crippen LogP contribution in [0.5, 0.6) is 0 Å². The Kier molecular flexibility index (Phi) is 8.86. The van der Waals surface area contributed by atoms with E-state index >= 15 is 0 Å². The van der Waals surface area contributed by atoms with Crippen molar-refractivity contribution in [2.45, 2.75) is 37.4 Å². The first-order valence-electron chi connectivity index (χ1n) is 13.3. The van der Waals surface area contributed by atoms with Gasteiger partial charge in [-0.05, 0) is 41.7 Å². The Hall–Kier alpha value is -4.16. The van der Waals surface area contributed by atoms with Gasteiger partial charge in [0.05, 0.1) is 11.7 Å².